The third-order valence-electron chi connectivity index (χ3n) is 2.36. The summed E-state index contributed by atoms with van der Waals surface area (Å²) < 4.78 is 0. The summed E-state index contributed by atoms with van der Waals surface area (Å²) in [6.45, 7) is 4.86. The second-order valence-electron chi connectivity index (χ2n) is 3.36. The SMILES string of the molecule is C[C@H]1CN(CCO)CC[C@@H]1O. The summed E-state index contributed by atoms with van der Waals surface area (Å²) in [4.78, 5) is 2.19. The zero-order valence-corrected chi connectivity index (χ0v) is 7.03. The Morgan fingerprint density at radius 3 is 2.82 bits per heavy atom. The molecule has 1 saturated heterocycles. The molecular formula is C8H17NO2. The molecule has 0 aromatic heterocycles. The third-order valence-corrected chi connectivity index (χ3v) is 2.36. The van der Waals surface area contributed by atoms with Crippen molar-refractivity contribution < 1.29 is 10.2 Å². The van der Waals surface area contributed by atoms with Gasteiger partial charge in [-0.1, -0.05) is 6.92 Å². The Morgan fingerprint density at radius 2 is 2.27 bits per heavy atom. The lowest BCUT2D eigenvalue weighted by molar-refractivity contribution is 0.0290. The summed E-state index contributed by atoms with van der Waals surface area (Å²) in [6.07, 6.45) is 0.714. The monoisotopic (exact) mass is 159 g/mol. The highest BCUT2D eigenvalue weighted by Crippen LogP contribution is 2.15. The Balaban J connectivity index is 2.28. The summed E-state index contributed by atoms with van der Waals surface area (Å²) in [5.74, 6) is 0.357. The van der Waals surface area contributed by atoms with Gasteiger partial charge in [0.25, 0.3) is 0 Å². The normalized spacial score (nSPS) is 34.1. The van der Waals surface area contributed by atoms with Crippen molar-refractivity contribution in [2.75, 3.05) is 26.2 Å². The highest BCUT2D eigenvalue weighted by Gasteiger charge is 2.23. The average molecular weight is 159 g/mol. The Bertz CT molecular complexity index is 119. The van der Waals surface area contributed by atoms with Crippen molar-refractivity contribution in [3.8, 4) is 0 Å². The highest BCUT2D eigenvalue weighted by atomic mass is 16.3. The summed E-state index contributed by atoms with van der Waals surface area (Å²) in [7, 11) is 0. The van der Waals surface area contributed by atoms with E-state index in [0.717, 1.165) is 26.1 Å². The van der Waals surface area contributed by atoms with Crippen LogP contribution in [0.5, 0.6) is 0 Å². The molecule has 0 aromatic carbocycles. The number of nitrogens with zero attached hydrogens (tertiary/aromatic N) is 1. The Kier molecular flexibility index (Phi) is 3.30. The molecule has 0 spiro atoms. The van der Waals surface area contributed by atoms with Crippen molar-refractivity contribution in [3.05, 3.63) is 0 Å². The second-order valence-corrected chi connectivity index (χ2v) is 3.36. The molecule has 1 rings (SSSR count). The van der Waals surface area contributed by atoms with Gasteiger partial charge in [0.2, 0.25) is 0 Å². The van der Waals surface area contributed by atoms with Gasteiger partial charge in [0.15, 0.2) is 0 Å². The van der Waals surface area contributed by atoms with Crippen LogP contribution in [0.4, 0.5) is 0 Å². The van der Waals surface area contributed by atoms with Crippen LogP contribution >= 0.6 is 0 Å². The average Bonchev–Trinajstić information content (AvgIpc) is 1.98. The minimum absolute atomic E-state index is 0.134. The van der Waals surface area contributed by atoms with Gasteiger partial charge in [-0.05, 0) is 12.3 Å². The van der Waals surface area contributed by atoms with Crippen LogP contribution < -0.4 is 0 Å². The number of β-amino-alcohol motifs (C(OH)–C–C–N with tert-alkyl or cyclic N) is 1. The molecule has 1 heterocycles. The van der Waals surface area contributed by atoms with E-state index in [0.29, 0.717) is 5.92 Å². The first kappa shape index (κ1) is 8.97. The third kappa shape index (κ3) is 2.43. The fraction of sp³-hybridized carbons (Fsp3) is 1.00. The van der Waals surface area contributed by atoms with E-state index in [4.69, 9.17) is 5.11 Å². The molecule has 66 valence electrons. The fourth-order valence-electron chi connectivity index (χ4n) is 1.56. The molecule has 0 radical (unpaired) electrons. The molecular weight excluding hydrogens is 142 g/mol. The van der Waals surface area contributed by atoms with Crippen LogP contribution in [0.1, 0.15) is 13.3 Å². The summed E-state index contributed by atoms with van der Waals surface area (Å²) in [5.41, 5.74) is 0. The molecule has 0 saturated carbocycles. The number of aliphatic hydroxyl groups is 2. The van der Waals surface area contributed by atoms with Crippen molar-refractivity contribution in [2.24, 2.45) is 5.92 Å². The highest BCUT2D eigenvalue weighted by molar-refractivity contribution is 4.76. The number of hydrogen-bond acceptors (Lipinski definition) is 3. The number of piperidine rings is 1. The Labute approximate surface area is 67.6 Å². The molecule has 2 atom stereocenters. The molecule has 0 aliphatic carbocycles. The smallest absolute Gasteiger partial charge is 0.0590 e. The molecule has 1 fully saturated rings. The molecule has 3 nitrogen and oxygen atoms in total. The Hall–Kier alpha value is -0.120. The maximum Gasteiger partial charge on any atom is 0.0590 e. The molecule has 0 amide bonds. The van der Waals surface area contributed by atoms with Gasteiger partial charge in [-0.25, -0.2) is 0 Å². The molecule has 0 unspecified atom stereocenters. The van der Waals surface area contributed by atoms with E-state index >= 15 is 0 Å². The predicted octanol–water partition coefficient (Wildman–Crippen LogP) is -0.319. The zero-order valence-electron chi connectivity index (χ0n) is 7.03. The first-order valence-electron chi connectivity index (χ1n) is 4.25. The van der Waals surface area contributed by atoms with Crippen LogP contribution in [0.25, 0.3) is 0 Å². The molecule has 0 aromatic rings. The lowest BCUT2D eigenvalue weighted by Gasteiger charge is -2.33. The maximum absolute atomic E-state index is 9.37. The van der Waals surface area contributed by atoms with E-state index in [2.05, 4.69) is 4.90 Å². The number of rotatable bonds is 2. The molecule has 0 bridgehead atoms. The van der Waals surface area contributed by atoms with Crippen LogP contribution in [0.15, 0.2) is 0 Å². The Morgan fingerprint density at radius 1 is 1.55 bits per heavy atom. The van der Waals surface area contributed by atoms with E-state index < -0.39 is 0 Å². The van der Waals surface area contributed by atoms with Crippen molar-refractivity contribution in [1.29, 1.82) is 0 Å². The minimum Gasteiger partial charge on any atom is -0.395 e. The van der Waals surface area contributed by atoms with E-state index in [1.807, 2.05) is 6.92 Å². The topological polar surface area (TPSA) is 43.7 Å². The second kappa shape index (κ2) is 4.04. The largest absolute Gasteiger partial charge is 0.395 e. The van der Waals surface area contributed by atoms with Crippen molar-refractivity contribution in [2.45, 2.75) is 19.4 Å². The quantitative estimate of drug-likeness (QED) is 0.580. The molecule has 1 aliphatic heterocycles. The van der Waals surface area contributed by atoms with E-state index in [9.17, 15) is 5.11 Å². The molecule has 1 aliphatic rings. The molecule has 3 heteroatoms. The minimum atomic E-state index is -0.134. The van der Waals surface area contributed by atoms with Gasteiger partial charge in [0.05, 0.1) is 12.7 Å². The standard InChI is InChI=1S/C8H17NO2/c1-7-6-9(4-5-10)3-2-8(7)11/h7-8,10-11H,2-6H2,1H3/t7-,8-/m0/s1. The van der Waals surface area contributed by atoms with Gasteiger partial charge in [-0.3, -0.25) is 0 Å². The van der Waals surface area contributed by atoms with Gasteiger partial charge in [0, 0.05) is 19.6 Å². The van der Waals surface area contributed by atoms with E-state index in [-0.39, 0.29) is 12.7 Å². The van der Waals surface area contributed by atoms with Crippen molar-refractivity contribution in [1.82, 2.24) is 4.90 Å². The summed E-state index contributed by atoms with van der Waals surface area (Å²) in [5, 5.41) is 18.0. The van der Waals surface area contributed by atoms with E-state index in [1.54, 1.807) is 0 Å². The predicted molar refractivity (Wildman–Crippen MR) is 43.3 cm³/mol. The van der Waals surface area contributed by atoms with Crippen LogP contribution in [-0.4, -0.2) is 47.5 Å². The van der Waals surface area contributed by atoms with Gasteiger partial charge < -0.3 is 15.1 Å². The first-order chi connectivity index (χ1) is 5.24. The van der Waals surface area contributed by atoms with Crippen LogP contribution in [0.2, 0.25) is 0 Å². The molecule has 11 heavy (non-hydrogen) atoms. The van der Waals surface area contributed by atoms with Crippen LogP contribution in [0.3, 0.4) is 0 Å². The van der Waals surface area contributed by atoms with Crippen LogP contribution in [-0.2, 0) is 0 Å². The van der Waals surface area contributed by atoms with Gasteiger partial charge >= 0.3 is 0 Å². The first-order valence-corrected chi connectivity index (χ1v) is 4.25. The molecule has 2 N–H and O–H groups in total. The lowest BCUT2D eigenvalue weighted by Crippen LogP contribution is -2.42. The summed E-state index contributed by atoms with van der Waals surface area (Å²) >= 11 is 0. The fourth-order valence-corrected chi connectivity index (χ4v) is 1.56. The van der Waals surface area contributed by atoms with Gasteiger partial charge in [-0.2, -0.15) is 0 Å². The lowest BCUT2D eigenvalue weighted by atomic mass is 9.97. The number of likely N-dealkylation sites (tertiary alicyclic amines) is 1. The zero-order chi connectivity index (χ0) is 8.27. The maximum atomic E-state index is 9.37. The number of hydrogen-bond donors (Lipinski definition) is 2. The van der Waals surface area contributed by atoms with E-state index in [1.165, 1.54) is 0 Å². The van der Waals surface area contributed by atoms with Gasteiger partial charge in [-0.15, -0.1) is 0 Å². The van der Waals surface area contributed by atoms with Gasteiger partial charge in [0.1, 0.15) is 0 Å². The van der Waals surface area contributed by atoms with Crippen molar-refractivity contribution in [3.63, 3.8) is 0 Å². The number of aliphatic hydroxyl groups excluding tert-OH is 2. The summed E-state index contributed by atoms with van der Waals surface area (Å²) in [6, 6.07) is 0. The van der Waals surface area contributed by atoms with Crippen LogP contribution in [0, 0.1) is 5.92 Å². The van der Waals surface area contributed by atoms with Crippen molar-refractivity contribution >= 4 is 0 Å².